The van der Waals surface area contributed by atoms with Crippen molar-refractivity contribution in [2.45, 2.75) is 33.7 Å². The third-order valence-electron chi connectivity index (χ3n) is 4.86. The lowest BCUT2D eigenvalue weighted by atomic mass is 10.1. The van der Waals surface area contributed by atoms with Crippen LogP contribution in [0, 0.1) is 13.8 Å². The Labute approximate surface area is 175 Å². The molecule has 0 bridgehead atoms. The molecule has 146 valence electrons. The predicted octanol–water partition coefficient (Wildman–Crippen LogP) is 5.39. The fraction of sp³-hybridized carbons (Fsp3) is 0.273. The molecule has 3 aromatic rings. The molecule has 0 aliphatic heterocycles. The molecule has 0 fully saturated rings. The van der Waals surface area contributed by atoms with E-state index in [0.717, 1.165) is 28.2 Å². The van der Waals surface area contributed by atoms with E-state index in [9.17, 15) is 4.79 Å². The minimum atomic E-state index is 0.0624. The van der Waals surface area contributed by atoms with Crippen molar-refractivity contribution in [2.24, 2.45) is 0 Å². The smallest absolute Gasteiger partial charge is 0.227 e. The number of para-hydroxylation sites is 1. The highest BCUT2D eigenvalue weighted by molar-refractivity contribution is 6.42. The van der Waals surface area contributed by atoms with E-state index in [0.29, 0.717) is 29.6 Å². The van der Waals surface area contributed by atoms with Crippen molar-refractivity contribution in [2.75, 3.05) is 6.54 Å². The number of hydrogen-bond acceptors (Lipinski definition) is 2. The van der Waals surface area contributed by atoms with Crippen LogP contribution in [0.15, 0.2) is 48.5 Å². The topological polar surface area (TPSA) is 38.1 Å². The largest absolute Gasteiger partial charge is 0.338 e. The Balaban J connectivity index is 1.79. The highest BCUT2D eigenvalue weighted by atomic mass is 35.5. The number of aromatic nitrogens is 2. The highest BCUT2D eigenvalue weighted by Crippen LogP contribution is 2.24. The Kier molecular flexibility index (Phi) is 6.42. The van der Waals surface area contributed by atoms with E-state index in [-0.39, 0.29) is 5.91 Å². The Hall–Kier alpha value is -2.30. The third kappa shape index (κ3) is 4.40. The van der Waals surface area contributed by atoms with Crippen LogP contribution in [0.1, 0.15) is 29.4 Å². The summed E-state index contributed by atoms with van der Waals surface area (Å²) >= 11 is 12.1. The minimum absolute atomic E-state index is 0.0624. The summed E-state index contributed by atoms with van der Waals surface area (Å²) in [4.78, 5) is 14.8. The number of amides is 1. The van der Waals surface area contributed by atoms with E-state index in [2.05, 4.69) is 5.10 Å². The fourth-order valence-corrected chi connectivity index (χ4v) is 3.57. The fourth-order valence-electron chi connectivity index (χ4n) is 3.25. The van der Waals surface area contributed by atoms with Gasteiger partial charge < -0.3 is 4.90 Å². The van der Waals surface area contributed by atoms with Crippen molar-refractivity contribution < 1.29 is 4.79 Å². The second-order valence-electron chi connectivity index (χ2n) is 6.73. The van der Waals surface area contributed by atoms with E-state index in [4.69, 9.17) is 23.2 Å². The molecule has 0 aliphatic rings. The maximum Gasteiger partial charge on any atom is 0.227 e. The van der Waals surface area contributed by atoms with E-state index in [1.54, 1.807) is 6.07 Å². The van der Waals surface area contributed by atoms with Gasteiger partial charge in [0.05, 0.1) is 27.8 Å². The molecule has 6 heteroatoms. The van der Waals surface area contributed by atoms with Crippen LogP contribution in [0.3, 0.4) is 0 Å². The van der Waals surface area contributed by atoms with Crippen LogP contribution in [-0.2, 0) is 17.8 Å². The molecule has 1 heterocycles. The van der Waals surface area contributed by atoms with Crippen molar-refractivity contribution in [3.63, 3.8) is 0 Å². The number of nitrogens with zero attached hydrogens (tertiary/aromatic N) is 3. The van der Waals surface area contributed by atoms with Gasteiger partial charge in [-0.1, -0.05) is 47.5 Å². The molecular formula is C22H23Cl2N3O. The van der Waals surface area contributed by atoms with E-state index in [1.165, 1.54) is 0 Å². The molecule has 0 saturated carbocycles. The molecule has 0 spiro atoms. The van der Waals surface area contributed by atoms with Gasteiger partial charge in [-0.2, -0.15) is 5.10 Å². The number of rotatable bonds is 6. The number of halogens is 2. The molecular weight excluding hydrogens is 393 g/mol. The SMILES string of the molecule is CCN(Cc1ccc(Cl)c(Cl)c1)C(=O)Cc1c(C)nn(-c2ccccc2)c1C. The van der Waals surface area contributed by atoms with Crippen molar-refractivity contribution in [1.82, 2.24) is 14.7 Å². The first kappa shape index (κ1) is 20.4. The zero-order valence-electron chi connectivity index (χ0n) is 16.2. The van der Waals surface area contributed by atoms with Gasteiger partial charge in [-0.25, -0.2) is 4.68 Å². The normalized spacial score (nSPS) is 10.9. The number of benzene rings is 2. The second-order valence-corrected chi connectivity index (χ2v) is 7.54. The standard InChI is InChI=1S/C22H23Cl2N3O/c1-4-26(14-17-10-11-20(23)21(24)12-17)22(28)13-19-15(2)25-27(16(19)3)18-8-6-5-7-9-18/h5-12H,4,13-14H2,1-3H3. The molecule has 0 saturated heterocycles. The maximum absolute atomic E-state index is 13.0. The lowest BCUT2D eigenvalue weighted by molar-refractivity contribution is -0.130. The van der Waals surface area contributed by atoms with Gasteiger partial charge in [-0.05, 0) is 50.6 Å². The summed E-state index contributed by atoms with van der Waals surface area (Å²) in [5, 5.41) is 5.65. The molecule has 1 amide bonds. The average Bonchev–Trinajstić information content (AvgIpc) is 2.97. The molecule has 1 aromatic heterocycles. The summed E-state index contributed by atoms with van der Waals surface area (Å²) in [6, 6.07) is 15.4. The van der Waals surface area contributed by atoms with Crippen LogP contribution in [0.2, 0.25) is 10.0 Å². The summed E-state index contributed by atoms with van der Waals surface area (Å²) in [5.74, 6) is 0.0624. The van der Waals surface area contributed by atoms with Crippen LogP contribution in [0.4, 0.5) is 0 Å². The molecule has 0 N–H and O–H groups in total. The first-order valence-corrected chi connectivity index (χ1v) is 9.98. The van der Waals surface area contributed by atoms with E-state index >= 15 is 0 Å². The first-order chi connectivity index (χ1) is 13.4. The summed E-state index contributed by atoms with van der Waals surface area (Å²) in [7, 11) is 0. The van der Waals surface area contributed by atoms with Gasteiger partial charge in [-0.15, -0.1) is 0 Å². The molecule has 0 unspecified atom stereocenters. The van der Waals surface area contributed by atoms with Crippen LogP contribution in [0.5, 0.6) is 0 Å². The zero-order chi connectivity index (χ0) is 20.3. The molecule has 0 radical (unpaired) electrons. The Morgan fingerprint density at radius 1 is 1.07 bits per heavy atom. The van der Waals surface area contributed by atoms with Crippen LogP contribution in [-0.4, -0.2) is 27.1 Å². The quantitative estimate of drug-likeness (QED) is 0.541. The number of carbonyl (C=O) groups is 1. The Morgan fingerprint density at radius 3 is 2.43 bits per heavy atom. The van der Waals surface area contributed by atoms with Gasteiger partial charge in [-0.3, -0.25) is 4.79 Å². The highest BCUT2D eigenvalue weighted by Gasteiger charge is 2.19. The number of carbonyl (C=O) groups excluding carboxylic acids is 1. The lowest BCUT2D eigenvalue weighted by Gasteiger charge is -2.21. The van der Waals surface area contributed by atoms with Crippen LogP contribution < -0.4 is 0 Å². The van der Waals surface area contributed by atoms with Gasteiger partial charge in [0.1, 0.15) is 0 Å². The summed E-state index contributed by atoms with van der Waals surface area (Å²) in [6.07, 6.45) is 0.319. The zero-order valence-corrected chi connectivity index (χ0v) is 17.8. The molecule has 3 rings (SSSR count). The van der Waals surface area contributed by atoms with Gasteiger partial charge >= 0.3 is 0 Å². The molecule has 28 heavy (non-hydrogen) atoms. The summed E-state index contributed by atoms with van der Waals surface area (Å²) in [6.45, 7) is 7.04. The predicted molar refractivity (Wildman–Crippen MR) is 114 cm³/mol. The molecule has 0 atom stereocenters. The Bertz CT molecular complexity index is 983. The summed E-state index contributed by atoms with van der Waals surface area (Å²) < 4.78 is 1.90. The third-order valence-corrected chi connectivity index (χ3v) is 5.60. The Morgan fingerprint density at radius 2 is 1.79 bits per heavy atom. The average molecular weight is 416 g/mol. The van der Waals surface area contributed by atoms with Gasteiger partial charge in [0, 0.05) is 24.3 Å². The first-order valence-electron chi connectivity index (χ1n) is 9.23. The molecule has 4 nitrogen and oxygen atoms in total. The molecule has 0 aliphatic carbocycles. The van der Waals surface area contributed by atoms with Crippen LogP contribution in [0.25, 0.3) is 5.69 Å². The van der Waals surface area contributed by atoms with Crippen molar-refractivity contribution in [1.29, 1.82) is 0 Å². The van der Waals surface area contributed by atoms with Crippen molar-refractivity contribution in [3.05, 3.63) is 81.1 Å². The van der Waals surface area contributed by atoms with Gasteiger partial charge in [0.25, 0.3) is 0 Å². The van der Waals surface area contributed by atoms with Gasteiger partial charge in [0.2, 0.25) is 5.91 Å². The monoisotopic (exact) mass is 415 g/mol. The summed E-state index contributed by atoms with van der Waals surface area (Å²) in [5.41, 5.74) is 4.78. The van der Waals surface area contributed by atoms with E-state index < -0.39 is 0 Å². The van der Waals surface area contributed by atoms with Crippen molar-refractivity contribution in [3.8, 4) is 5.69 Å². The number of likely N-dealkylation sites (N-methyl/N-ethyl adjacent to an activating group) is 1. The number of hydrogen-bond donors (Lipinski definition) is 0. The molecule has 2 aromatic carbocycles. The van der Waals surface area contributed by atoms with Gasteiger partial charge in [0.15, 0.2) is 0 Å². The minimum Gasteiger partial charge on any atom is -0.338 e. The van der Waals surface area contributed by atoms with E-state index in [1.807, 2.05) is 72.8 Å². The van der Waals surface area contributed by atoms with Crippen molar-refractivity contribution >= 4 is 29.1 Å². The second kappa shape index (κ2) is 8.80. The van der Waals surface area contributed by atoms with Crippen LogP contribution >= 0.6 is 23.2 Å². The lowest BCUT2D eigenvalue weighted by Crippen LogP contribution is -2.31. The maximum atomic E-state index is 13.0. The number of aryl methyl sites for hydroxylation is 1.